The number of carbonyl (C=O) groups excluding carboxylic acids is 2. The van der Waals surface area contributed by atoms with E-state index >= 15 is 0 Å². The van der Waals surface area contributed by atoms with Gasteiger partial charge in [0.05, 0.1) is 6.04 Å². The molecule has 0 saturated heterocycles. The fourth-order valence-electron chi connectivity index (χ4n) is 3.28. The summed E-state index contributed by atoms with van der Waals surface area (Å²) in [6, 6.07) is 0.389. The number of hydrogen-bond donors (Lipinski definition) is 1. The summed E-state index contributed by atoms with van der Waals surface area (Å²) in [6.45, 7) is 4.75. The molecule has 0 aromatic carbocycles. The summed E-state index contributed by atoms with van der Waals surface area (Å²) in [5, 5.41) is 1.89. The third kappa shape index (κ3) is 2.98. The lowest BCUT2D eigenvalue weighted by atomic mass is 9.94. The first-order chi connectivity index (χ1) is 11.8. The molecule has 25 heavy (non-hydrogen) atoms. The zero-order chi connectivity index (χ0) is 18.3. The topological polar surface area (TPSA) is 65.3 Å². The Morgan fingerprint density at radius 3 is 2.88 bits per heavy atom. The Balaban J connectivity index is 2.32. The minimum Gasteiger partial charge on any atom is -0.293 e. The van der Waals surface area contributed by atoms with Crippen LogP contribution in [0.25, 0.3) is 0 Å². The maximum absolute atomic E-state index is 13.8. The first-order valence-corrected chi connectivity index (χ1v) is 8.48. The van der Waals surface area contributed by atoms with Crippen LogP contribution in [0, 0.1) is 5.82 Å². The van der Waals surface area contributed by atoms with E-state index in [9.17, 15) is 14.0 Å². The molecule has 8 heteroatoms. The number of carbonyl (C=O) groups is 2. The van der Waals surface area contributed by atoms with Crippen molar-refractivity contribution in [1.82, 2.24) is 15.2 Å². The van der Waals surface area contributed by atoms with Crippen molar-refractivity contribution >= 4 is 35.1 Å². The van der Waals surface area contributed by atoms with Gasteiger partial charge in [0, 0.05) is 6.54 Å². The van der Waals surface area contributed by atoms with Crippen molar-refractivity contribution in [3.8, 4) is 0 Å². The summed E-state index contributed by atoms with van der Waals surface area (Å²) in [7, 11) is 1.97. The molecule has 3 rings (SSSR count). The molecule has 0 spiro atoms. The second-order valence-electron chi connectivity index (χ2n) is 6.24. The number of urea groups is 1. The number of fused-ring (bicyclic) bond motifs is 1. The van der Waals surface area contributed by atoms with Gasteiger partial charge >= 0.3 is 11.9 Å². The minimum absolute atomic E-state index is 0.00900. The first-order valence-electron chi connectivity index (χ1n) is 8.10. The van der Waals surface area contributed by atoms with Crippen LogP contribution in [0.4, 0.5) is 15.0 Å². The number of amides is 3. The normalized spacial score (nSPS) is 24.0. The Kier molecular flexibility index (Phi) is 4.71. The number of likely N-dealkylation sites (N-methyl/N-ethyl adjacent to an activating group) is 1. The quantitative estimate of drug-likeness (QED) is 0.646. The molecule has 6 nitrogen and oxygen atoms in total. The largest absolute Gasteiger partial charge is 0.448 e. The summed E-state index contributed by atoms with van der Waals surface area (Å²) in [5.74, 6) is -1.41. The van der Waals surface area contributed by atoms with E-state index in [0.29, 0.717) is 0 Å². The van der Waals surface area contributed by atoms with Gasteiger partial charge in [-0.25, -0.2) is 14.5 Å². The van der Waals surface area contributed by atoms with E-state index in [1.54, 1.807) is 0 Å². The van der Waals surface area contributed by atoms with Crippen LogP contribution in [0.15, 0.2) is 17.7 Å². The molecule has 1 N–H and O–H groups in total. The van der Waals surface area contributed by atoms with Crippen LogP contribution in [0.1, 0.15) is 37.0 Å². The summed E-state index contributed by atoms with van der Waals surface area (Å²) in [5.41, 5.74) is 1.65. The molecule has 0 aliphatic carbocycles. The fraction of sp³-hybridized carbons (Fsp3) is 0.412. The van der Waals surface area contributed by atoms with Gasteiger partial charge in [-0.3, -0.25) is 9.69 Å². The molecule has 0 fully saturated rings. The summed E-state index contributed by atoms with van der Waals surface area (Å²) < 4.78 is 15.1. The van der Waals surface area contributed by atoms with E-state index in [2.05, 4.69) is 22.1 Å². The highest BCUT2D eigenvalue weighted by atomic mass is 35.5. The van der Waals surface area contributed by atoms with Gasteiger partial charge in [0.2, 0.25) is 5.15 Å². The summed E-state index contributed by atoms with van der Waals surface area (Å²) in [6.07, 6.45) is 3.76. The lowest BCUT2D eigenvalue weighted by molar-refractivity contribution is -0.343. The molecule has 132 valence electrons. The fourth-order valence-corrected chi connectivity index (χ4v) is 3.41. The van der Waals surface area contributed by atoms with Crippen molar-refractivity contribution in [1.29, 1.82) is 0 Å². The highest BCUT2D eigenvalue weighted by Gasteiger charge is 2.41. The number of aromatic nitrogens is 1. The third-order valence-corrected chi connectivity index (χ3v) is 4.80. The number of hydrogen-bond acceptors (Lipinski definition) is 4. The molecule has 2 aliphatic rings. The average Bonchev–Trinajstić information content (AvgIpc) is 2.55. The highest BCUT2D eigenvalue weighted by molar-refractivity contribution is 6.30. The van der Waals surface area contributed by atoms with Crippen molar-refractivity contribution in [2.75, 3.05) is 13.6 Å². The van der Waals surface area contributed by atoms with Crippen LogP contribution in [-0.4, -0.2) is 51.7 Å². The SMILES string of the molecule is CCCC1/C(=[N+]2\C(=O)NC(=O)c3cc(F)c(Cl)nc32)C(C)=CCN1C. The lowest BCUT2D eigenvalue weighted by Gasteiger charge is -2.33. The number of halogens is 2. The second-order valence-corrected chi connectivity index (χ2v) is 6.60. The van der Waals surface area contributed by atoms with E-state index in [1.165, 1.54) is 4.58 Å². The summed E-state index contributed by atoms with van der Waals surface area (Å²) >= 11 is 5.82. The number of rotatable bonds is 2. The van der Waals surface area contributed by atoms with Crippen molar-refractivity contribution in [3.05, 3.63) is 34.2 Å². The molecule has 3 heterocycles. The van der Waals surface area contributed by atoms with Gasteiger partial charge in [0.25, 0.3) is 5.82 Å². The van der Waals surface area contributed by atoms with Crippen LogP contribution in [0.3, 0.4) is 0 Å². The van der Waals surface area contributed by atoms with Crippen LogP contribution in [-0.2, 0) is 0 Å². The molecule has 1 atom stereocenters. The maximum Gasteiger partial charge on any atom is 0.448 e. The number of nitrogens with zero attached hydrogens (tertiary/aromatic N) is 3. The third-order valence-electron chi connectivity index (χ3n) is 4.53. The van der Waals surface area contributed by atoms with Gasteiger partial charge in [-0.1, -0.05) is 24.4 Å². The van der Waals surface area contributed by atoms with E-state index in [0.717, 1.165) is 36.7 Å². The smallest absolute Gasteiger partial charge is 0.293 e. The standard InChI is InChI=1S/C17H18ClFN4O2/c1-4-5-12-13(9(2)6-7-22(12)3)23-15-10(16(24)21-17(23)25)8-11(19)14(18)20-15/h6,8,12H,4-5,7H2,1-3H3/p+1/b23-13-. The Morgan fingerprint density at radius 1 is 1.48 bits per heavy atom. The Hall–Kier alpha value is -2.12. The molecule has 1 aromatic rings. The van der Waals surface area contributed by atoms with E-state index < -0.39 is 17.8 Å². The van der Waals surface area contributed by atoms with E-state index in [-0.39, 0.29) is 22.6 Å². The Bertz CT molecular complexity index is 834. The van der Waals surface area contributed by atoms with Crippen molar-refractivity contribution in [3.63, 3.8) is 0 Å². The van der Waals surface area contributed by atoms with Crippen molar-refractivity contribution in [2.24, 2.45) is 0 Å². The Morgan fingerprint density at radius 2 is 2.20 bits per heavy atom. The molecule has 2 aliphatic heterocycles. The zero-order valence-corrected chi connectivity index (χ0v) is 15.0. The monoisotopic (exact) mass is 365 g/mol. The number of pyridine rings is 1. The first kappa shape index (κ1) is 17.7. The molecule has 0 saturated carbocycles. The minimum atomic E-state index is -0.798. The lowest BCUT2D eigenvalue weighted by Crippen LogP contribution is -2.51. The van der Waals surface area contributed by atoms with Gasteiger partial charge in [-0.05, 0) is 43.6 Å². The maximum atomic E-state index is 13.8. The van der Waals surface area contributed by atoms with E-state index in [4.69, 9.17) is 11.6 Å². The molecule has 0 bridgehead atoms. The molecule has 1 aromatic heterocycles. The molecule has 0 radical (unpaired) electrons. The van der Waals surface area contributed by atoms with Crippen LogP contribution in [0.2, 0.25) is 5.15 Å². The highest BCUT2D eigenvalue weighted by Crippen LogP contribution is 2.28. The van der Waals surface area contributed by atoms with Crippen LogP contribution < -0.4 is 5.32 Å². The van der Waals surface area contributed by atoms with Crippen LogP contribution in [0.5, 0.6) is 0 Å². The predicted octanol–water partition coefficient (Wildman–Crippen LogP) is 2.88. The second kappa shape index (κ2) is 6.65. The number of imide groups is 1. The summed E-state index contributed by atoms with van der Waals surface area (Å²) in [4.78, 5) is 30.8. The van der Waals surface area contributed by atoms with Gasteiger partial charge in [0.15, 0.2) is 5.82 Å². The molecule has 1 unspecified atom stereocenters. The van der Waals surface area contributed by atoms with Gasteiger partial charge in [-0.15, -0.1) is 0 Å². The predicted molar refractivity (Wildman–Crippen MR) is 92.1 cm³/mol. The van der Waals surface area contributed by atoms with Gasteiger partial charge in [-0.2, -0.15) is 4.58 Å². The molecule has 3 amide bonds. The number of nitrogens with one attached hydrogen (secondary N) is 1. The average molecular weight is 366 g/mol. The molecular formula is C17H19ClFN4O2+. The van der Waals surface area contributed by atoms with Crippen LogP contribution >= 0.6 is 11.6 Å². The Labute approximate surface area is 150 Å². The van der Waals surface area contributed by atoms with E-state index in [1.807, 2.05) is 20.0 Å². The van der Waals surface area contributed by atoms with Gasteiger partial charge < -0.3 is 0 Å². The van der Waals surface area contributed by atoms with Crippen molar-refractivity contribution < 1.29 is 18.6 Å². The van der Waals surface area contributed by atoms with Crippen molar-refractivity contribution in [2.45, 2.75) is 32.7 Å². The van der Waals surface area contributed by atoms with Gasteiger partial charge in [0.1, 0.15) is 11.3 Å². The zero-order valence-electron chi connectivity index (χ0n) is 14.3. The molecular weight excluding hydrogens is 347 g/mol.